The van der Waals surface area contributed by atoms with Gasteiger partial charge in [-0.1, -0.05) is 79.7 Å². The highest BCUT2D eigenvalue weighted by atomic mass is 16.5. The molecule has 1 aromatic heterocycles. The molecule has 0 unspecified atom stereocenters. The van der Waals surface area contributed by atoms with E-state index in [1.807, 2.05) is 12.1 Å². The second-order valence-corrected chi connectivity index (χ2v) is 6.29. The van der Waals surface area contributed by atoms with Gasteiger partial charge in [0.2, 0.25) is 5.89 Å². The lowest BCUT2D eigenvalue weighted by Crippen LogP contribution is -2.26. The highest BCUT2D eigenvalue weighted by Crippen LogP contribution is 2.25. The van der Waals surface area contributed by atoms with Crippen LogP contribution < -0.4 is 5.32 Å². The summed E-state index contributed by atoms with van der Waals surface area (Å²) in [5.74, 6) is 1.62. The van der Waals surface area contributed by atoms with Crippen molar-refractivity contribution in [3.05, 3.63) is 83.5 Å². The van der Waals surface area contributed by atoms with Crippen LogP contribution in [0.3, 0.4) is 0 Å². The van der Waals surface area contributed by atoms with E-state index in [0.717, 1.165) is 5.82 Å². The van der Waals surface area contributed by atoms with Gasteiger partial charge < -0.3 is 4.52 Å². The lowest BCUT2D eigenvalue weighted by Gasteiger charge is -2.22. The van der Waals surface area contributed by atoms with Crippen LogP contribution in [0.15, 0.2) is 65.2 Å². The molecule has 0 amide bonds. The molecule has 0 aliphatic rings. The predicted molar refractivity (Wildman–Crippen MR) is 94.7 cm³/mol. The molecule has 1 heterocycles. The molecule has 3 aromatic rings. The summed E-state index contributed by atoms with van der Waals surface area (Å²) >= 11 is 0. The molecule has 4 heteroatoms. The summed E-state index contributed by atoms with van der Waals surface area (Å²) in [6.07, 6.45) is 0. The van der Waals surface area contributed by atoms with Gasteiger partial charge in [-0.3, -0.25) is 5.32 Å². The van der Waals surface area contributed by atoms with E-state index in [2.05, 4.69) is 84.8 Å². The van der Waals surface area contributed by atoms with Gasteiger partial charge in [0.05, 0.1) is 12.1 Å². The Morgan fingerprint density at radius 2 is 1.38 bits per heavy atom. The topological polar surface area (TPSA) is 51.0 Å². The van der Waals surface area contributed by atoms with Gasteiger partial charge in [0.25, 0.3) is 0 Å². The van der Waals surface area contributed by atoms with Crippen molar-refractivity contribution < 1.29 is 4.52 Å². The average molecular weight is 321 g/mol. The fourth-order valence-electron chi connectivity index (χ4n) is 2.65. The van der Waals surface area contributed by atoms with Crippen molar-refractivity contribution in [2.75, 3.05) is 0 Å². The van der Waals surface area contributed by atoms with Gasteiger partial charge in [0.15, 0.2) is 5.82 Å². The Morgan fingerprint density at radius 1 is 0.833 bits per heavy atom. The van der Waals surface area contributed by atoms with Crippen LogP contribution in [-0.2, 0) is 0 Å². The zero-order valence-electron chi connectivity index (χ0n) is 14.3. The standard InChI is InChI=1S/C20H23N3O/c1-14(2)19-22-20(24-23-19)15(3)21-18(16-10-6-4-7-11-16)17-12-8-5-9-13-17/h4-15,18,21H,1-3H3/t15-/m1/s1. The van der Waals surface area contributed by atoms with Crippen molar-refractivity contribution in [2.45, 2.75) is 38.8 Å². The first kappa shape index (κ1) is 16.4. The fourth-order valence-corrected chi connectivity index (χ4v) is 2.65. The third kappa shape index (κ3) is 3.71. The largest absolute Gasteiger partial charge is 0.338 e. The van der Waals surface area contributed by atoms with Crippen molar-refractivity contribution in [2.24, 2.45) is 0 Å². The lowest BCUT2D eigenvalue weighted by molar-refractivity contribution is 0.328. The first-order valence-corrected chi connectivity index (χ1v) is 8.34. The highest BCUT2D eigenvalue weighted by molar-refractivity contribution is 5.31. The second-order valence-electron chi connectivity index (χ2n) is 6.29. The van der Waals surface area contributed by atoms with Crippen LogP contribution >= 0.6 is 0 Å². The summed E-state index contributed by atoms with van der Waals surface area (Å²) in [5, 5.41) is 7.69. The smallest absolute Gasteiger partial charge is 0.243 e. The normalized spacial score (nSPS) is 12.7. The van der Waals surface area contributed by atoms with Crippen LogP contribution in [0.1, 0.15) is 61.6 Å². The number of benzene rings is 2. The zero-order chi connectivity index (χ0) is 16.9. The van der Waals surface area contributed by atoms with Gasteiger partial charge >= 0.3 is 0 Å². The third-order valence-electron chi connectivity index (χ3n) is 4.03. The number of hydrogen-bond acceptors (Lipinski definition) is 4. The maximum atomic E-state index is 5.44. The molecule has 0 aliphatic carbocycles. The van der Waals surface area contributed by atoms with E-state index < -0.39 is 0 Å². The van der Waals surface area contributed by atoms with Gasteiger partial charge in [0.1, 0.15) is 0 Å². The molecule has 1 N–H and O–H groups in total. The minimum atomic E-state index is -0.0459. The first-order chi connectivity index (χ1) is 11.6. The van der Waals surface area contributed by atoms with Gasteiger partial charge in [-0.05, 0) is 18.1 Å². The van der Waals surface area contributed by atoms with E-state index in [4.69, 9.17) is 4.52 Å². The Morgan fingerprint density at radius 3 is 1.83 bits per heavy atom. The number of nitrogens with zero attached hydrogens (tertiary/aromatic N) is 2. The summed E-state index contributed by atoms with van der Waals surface area (Å²) in [6.45, 7) is 6.17. The van der Waals surface area contributed by atoms with E-state index in [1.54, 1.807) is 0 Å². The van der Waals surface area contributed by atoms with Crippen molar-refractivity contribution in [3.63, 3.8) is 0 Å². The van der Waals surface area contributed by atoms with Crippen LogP contribution in [0.5, 0.6) is 0 Å². The number of aromatic nitrogens is 2. The molecule has 0 bridgehead atoms. The van der Waals surface area contributed by atoms with Crippen molar-refractivity contribution in [3.8, 4) is 0 Å². The van der Waals surface area contributed by atoms with Crippen LogP contribution in [0.4, 0.5) is 0 Å². The molecule has 0 fully saturated rings. The molecule has 0 spiro atoms. The monoisotopic (exact) mass is 321 g/mol. The first-order valence-electron chi connectivity index (χ1n) is 8.34. The summed E-state index contributed by atoms with van der Waals surface area (Å²) in [6, 6.07) is 20.8. The van der Waals surface area contributed by atoms with Crippen LogP contribution in [0.2, 0.25) is 0 Å². The SMILES string of the molecule is CC(C)c1noc([C@@H](C)NC(c2ccccc2)c2ccccc2)n1. The summed E-state index contributed by atoms with van der Waals surface area (Å²) in [7, 11) is 0. The molecule has 4 nitrogen and oxygen atoms in total. The van der Waals surface area contributed by atoms with Gasteiger partial charge in [0, 0.05) is 5.92 Å². The number of hydrogen-bond donors (Lipinski definition) is 1. The maximum Gasteiger partial charge on any atom is 0.243 e. The molecule has 0 radical (unpaired) electrons. The maximum absolute atomic E-state index is 5.44. The van der Waals surface area contributed by atoms with Crippen molar-refractivity contribution in [1.82, 2.24) is 15.5 Å². The quantitative estimate of drug-likeness (QED) is 0.719. The van der Waals surface area contributed by atoms with E-state index in [-0.39, 0.29) is 18.0 Å². The Hall–Kier alpha value is -2.46. The third-order valence-corrected chi connectivity index (χ3v) is 4.03. The van der Waals surface area contributed by atoms with Crippen LogP contribution in [0.25, 0.3) is 0 Å². The molecule has 0 saturated carbocycles. The highest BCUT2D eigenvalue weighted by Gasteiger charge is 2.21. The van der Waals surface area contributed by atoms with Crippen molar-refractivity contribution in [1.29, 1.82) is 0 Å². The van der Waals surface area contributed by atoms with Crippen LogP contribution in [-0.4, -0.2) is 10.1 Å². The Kier molecular flexibility index (Phi) is 5.06. The fraction of sp³-hybridized carbons (Fsp3) is 0.300. The predicted octanol–water partition coefficient (Wildman–Crippen LogP) is 4.63. The second kappa shape index (κ2) is 7.41. The molecule has 24 heavy (non-hydrogen) atoms. The number of rotatable bonds is 6. The van der Waals surface area contributed by atoms with Gasteiger partial charge in [-0.25, -0.2) is 0 Å². The zero-order valence-corrected chi connectivity index (χ0v) is 14.3. The van der Waals surface area contributed by atoms with Gasteiger partial charge in [-0.15, -0.1) is 0 Å². The average Bonchev–Trinajstić information content (AvgIpc) is 3.11. The minimum Gasteiger partial charge on any atom is -0.338 e. The lowest BCUT2D eigenvalue weighted by atomic mass is 9.98. The minimum absolute atomic E-state index is 0.0459. The van der Waals surface area contributed by atoms with E-state index >= 15 is 0 Å². The summed E-state index contributed by atoms with van der Waals surface area (Å²) < 4.78 is 5.44. The molecule has 0 saturated heterocycles. The van der Waals surface area contributed by atoms with E-state index in [1.165, 1.54) is 11.1 Å². The molecular formula is C20H23N3O. The van der Waals surface area contributed by atoms with E-state index in [0.29, 0.717) is 5.89 Å². The van der Waals surface area contributed by atoms with Crippen LogP contribution in [0, 0.1) is 0 Å². The van der Waals surface area contributed by atoms with Crippen molar-refractivity contribution >= 4 is 0 Å². The Labute approximate surface area is 142 Å². The van der Waals surface area contributed by atoms with E-state index in [9.17, 15) is 0 Å². The van der Waals surface area contributed by atoms with Gasteiger partial charge in [-0.2, -0.15) is 4.98 Å². The molecule has 0 aliphatic heterocycles. The summed E-state index contributed by atoms with van der Waals surface area (Å²) in [5.41, 5.74) is 2.42. The Bertz CT molecular complexity index is 713. The Balaban J connectivity index is 1.86. The molecule has 3 rings (SSSR count). The molecule has 1 atom stereocenters. The molecule has 124 valence electrons. The summed E-state index contributed by atoms with van der Waals surface area (Å²) in [4.78, 5) is 4.51. The molecular weight excluding hydrogens is 298 g/mol. The molecule has 2 aromatic carbocycles. The number of nitrogens with one attached hydrogen (secondary N) is 1.